The van der Waals surface area contributed by atoms with E-state index >= 15 is 0 Å². The van der Waals surface area contributed by atoms with Gasteiger partial charge < -0.3 is 29.7 Å². The minimum atomic E-state index is -0.241. The normalized spacial score (nSPS) is 13.0. The quantitative estimate of drug-likeness (QED) is 0.242. The lowest BCUT2D eigenvalue weighted by Crippen LogP contribution is -2.36. The van der Waals surface area contributed by atoms with Crippen molar-refractivity contribution in [1.29, 1.82) is 0 Å². The molecule has 0 aliphatic carbocycles. The van der Waals surface area contributed by atoms with Crippen LogP contribution in [0.3, 0.4) is 0 Å². The first-order chi connectivity index (χ1) is 19.6. The highest BCUT2D eigenvalue weighted by atomic mass is 16.5. The van der Waals surface area contributed by atoms with Gasteiger partial charge in [-0.25, -0.2) is 0 Å². The summed E-state index contributed by atoms with van der Waals surface area (Å²) in [5.41, 5.74) is 3.12. The number of rotatable bonds is 13. The van der Waals surface area contributed by atoms with Crippen LogP contribution in [0.2, 0.25) is 0 Å². The van der Waals surface area contributed by atoms with Gasteiger partial charge in [-0.1, -0.05) is 26.7 Å². The number of unbranched alkanes of at least 4 members (excludes halogenated alkanes) is 2. The molecule has 1 aliphatic rings. The van der Waals surface area contributed by atoms with Gasteiger partial charge in [0, 0.05) is 29.9 Å². The van der Waals surface area contributed by atoms with Crippen LogP contribution >= 0.6 is 0 Å². The number of anilines is 3. The standard InChI is InChI=1S/C32H39N3O5/c1-3-5-19-39-27-12-7-24(8-13-27)31(36)33-26-11-16-30(35-17-21-38-22-18-35)29(23-26)34-32(37)25-9-14-28(15-10-25)40-20-6-4-2/h7-16,23H,3-6,17-22H2,1-2H3,(H,33,36)(H,34,37). The first-order valence-corrected chi connectivity index (χ1v) is 14.1. The molecule has 0 unspecified atom stereocenters. The second-order valence-electron chi connectivity index (χ2n) is 9.69. The Labute approximate surface area is 236 Å². The van der Waals surface area contributed by atoms with E-state index in [9.17, 15) is 9.59 Å². The molecular formula is C32H39N3O5. The Morgan fingerprint density at radius 2 is 1.27 bits per heavy atom. The van der Waals surface area contributed by atoms with Crippen molar-refractivity contribution in [2.75, 3.05) is 55.1 Å². The van der Waals surface area contributed by atoms with Crippen LogP contribution in [0.1, 0.15) is 60.2 Å². The molecular weight excluding hydrogens is 506 g/mol. The van der Waals surface area contributed by atoms with Crippen molar-refractivity contribution in [3.8, 4) is 11.5 Å². The Morgan fingerprint density at radius 1 is 0.750 bits per heavy atom. The molecule has 40 heavy (non-hydrogen) atoms. The maximum absolute atomic E-state index is 13.2. The highest BCUT2D eigenvalue weighted by Crippen LogP contribution is 2.31. The summed E-state index contributed by atoms with van der Waals surface area (Å²) < 4.78 is 16.9. The second-order valence-corrected chi connectivity index (χ2v) is 9.69. The van der Waals surface area contributed by atoms with Gasteiger partial charge in [-0.15, -0.1) is 0 Å². The molecule has 212 valence electrons. The Balaban J connectivity index is 1.47. The summed E-state index contributed by atoms with van der Waals surface area (Å²) in [5.74, 6) is 1.00. The molecule has 8 heteroatoms. The van der Waals surface area contributed by atoms with Crippen LogP contribution in [0.5, 0.6) is 11.5 Å². The largest absolute Gasteiger partial charge is 0.494 e. The van der Waals surface area contributed by atoms with Gasteiger partial charge >= 0.3 is 0 Å². The first kappa shape index (κ1) is 29.0. The molecule has 3 aromatic carbocycles. The number of morpholine rings is 1. The summed E-state index contributed by atoms with van der Waals surface area (Å²) in [6.07, 6.45) is 4.10. The van der Waals surface area contributed by atoms with E-state index in [4.69, 9.17) is 14.2 Å². The fourth-order valence-corrected chi connectivity index (χ4v) is 4.27. The molecule has 8 nitrogen and oxygen atoms in total. The molecule has 1 fully saturated rings. The molecule has 1 saturated heterocycles. The van der Waals surface area contributed by atoms with Crippen molar-refractivity contribution in [1.82, 2.24) is 0 Å². The number of benzene rings is 3. The predicted molar refractivity (Wildman–Crippen MR) is 159 cm³/mol. The van der Waals surface area contributed by atoms with E-state index in [2.05, 4.69) is 29.4 Å². The van der Waals surface area contributed by atoms with E-state index in [1.54, 1.807) is 42.5 Å². The molecule has 0 spiro atoms. The maximum atomic E-state index is 13.2. The fraction of sp³-hybridized carbons (Fsp3) is 0.375. The van der Waals surface area contributed by atoms with Gasteiger partial charge in [0.05, 0.1) is 37.8 Å². The minimum Gasteiger partial charge on any atom is -0.494 e. The average Bonchev–Trinajstić information content (AvgIpc) is 2.99. The highest BCUT2D eigenvalue weighted by molar-refractivity contribution is 6.08. The first-order valence-electron chi connectivity index (χ1n) is 14.1. The molecule has 0 aromatic heterocycles. The Morgan fingerprint density at radius 3 is 1.80 bits per heavy atom. The number of nitrogens with zero attached hydrogens (tertiary/aromatic N) is 1. The van der Waals surface area contributed by atoms with Gasteiger partial charge in [0.2, 0.25) is 0 Å². The molecule has 2 amide bonds. The van der Waals surface area contributed by atoms with Crippen LogP contribution in [-0.2, 0) is 4.74 Å². The minimum absolute atomic E-state index is 0.239. The predicted octanol–water partition coefficient (Wildman–Crippen LogP) is 6.39. The lowest BCUT2D eigenvalue weighted by Gasteiger charge is -2.31. The van der Waals surface area contributed by atoms with Gasteiger partial charge in [-0.3, -0.25) is 9.59 Å². The summed E-state index contributed by atoms with van der Waals surface area (Å²) >= 11 is 0. The molecule has 3 aromatic rings. The van der Waals surface area contributed by atoms with Crippen molar-refractivity contribution < 1.29 is 23.8 Å². The van der Waals surface area contributed by atoms with E-state index in [1.165, 1.54) is 0 Å². The molecule has 1 heterocycles. The number of ether oxygens (including phenoxy) is 3. The molecule has 0 atom stereocenters. The van der Waals surface area contributed by atoms with Gasteiger partial charge in [0.15, 0.2) is 0 Å². The van der Waals surface area contributed by atoms with Crippen LogP contribution in [0.25, 0.3) is 0 Å². The van der Waals surface area contributed by atoms with Crippen LogP contribution in [0.15, 0.2) is 66.7 Å². The lowest BCUT2D eigenvalue weighted by molar-refractivity contribution is 0.101. The SMILES string of the molecule is CCCCOc1ccc(C(=O)Nc2ccc(N3CCOCC3)c(NC(=O)c3ccc(OCCCC)cc3)c2)cc1. The van der Waals surface area contributed by atoms with Gasteiger partial charge in [-0.05, 0) is 79.6 Å². The van der Waals surface area contributed by atoms with Gasteiger partial charge in [0.25, 0.3) is 11.8 Å². The average molecular weight is 546 g/mol. The van der Waals surface area contributed by atoms with E-state index in [1.807, 2.05) is 24.3 Å². The Kier molecular flexibility index (Phi) is 10.8. The molecule has 1 aliphatic heterocycles. The third kappa shape index (κ3) is 8.23. The van der Waals surface area contributed by atoms with Crippen LogP contribution in [-0.4, -0.2) is 51.3 Å². The maximum Gasteiger partial charge on any atom is 0.255 e. The van der Waals surface area contributed by atoms with Crippen LogP contribution < -0.4 is 25.0 Å². The number of amides is 2. The molecule has 2 N–H and O–H groups in total. The fourth-order valence-electron chi connectivity index (χ4n) is 4.27. The number of carbonyl (C=O) groups excluding carboxylic acids is 2. The second kappa shape index (κ2) is 14.9. The topological polar surface area (TPSA) is 89.1 Å². The summed E-state index contributed by atoms with van der Waals surface area (Å²) in [5, 5.41) is 6.01. The Bertz CT molecular complexity index is 1240. The number of carbonyl (C=O) groups is 2. The van der Waals surface area contributed by atoms with Gasteiger partial charge in [0.1, 0.15) is 11.5 Å². The summed E-state index contributed by atoms with van der Waals surface area (Å²) in [6, 6.07) is 19.8. The number of nitrogens with one attached hydrogen (secondary N) is 2. The van der Waals surface area contributed by atoms with E-state index in [0.717, 1.165) is 42.9 Å². The van der Waals surface area contributed by atoms with Crippen molar-refractivity contribution in [2.24, 2.45) is 0 Å². The third-order valence-corrected chi connectivity index (χ3v) is 6.62. The molecule has 4 rings (SSSR count). The smallest absolute Gasteiger partial charge is 0.255 e. The molecule has 0 radical (unpaired) electrons. The summed E-state index contributed by atoms with van der Waals surface area (Å²) in [4.78, 5) is 28.4. The van der Waals surface area contributed by atoms with Crippen LogP contribution in [0, 0.1) is 0 Å². The zero-order chi connectivity index (χ0) is 28.2. The Hall–Kier alpha value is -4.04. The van der Waals surface area contributed by atoms with E-state index in [-0.39, 0.29) is 11.8 Å². The monoisotopic (exact) mass is 545 g/mol. The van der Waals surface area contributed by atoms with E-state index < -0.39 is 0 Å². The van der Waals surface area contributed by atoms with Crippen molar-refractivity contribution >= 4 is 28.9 Å². The summed E-state index contributed by atoms with van der Waals surface area (Å²) in [7, 11) is 0. The van der Waals surface area contributed by atoms with E-state index in [0.29, 0.717) is 62.0 Å². The zero-order valence-electron chi connectivity index (χ0n) is 23.4. The number of hydrogen-bond acceptors (Lipinski definition) is 6. The zero-order valence-corrected chi connectivity index (χ0v) is 23.4. The summed E-state index contributed by atoms with van der Waals surface area (Å²) in [6.45, 7) is 8.19. The molecule has 0 bridgehead atoms. The van der Waals surface area contributed by atoms with Gasteiger partial charge in [-0.2, -0.15) is 0 Å². The van der Waals surface area contributed by atoms with Crippen LogP contribution in [0.4, 0.5) is 17.1 Å². The highest BCUT2D eigenvalue weighted by Gasteiger charge is 2.18. The molecule has 0 saturated carbocycles. The van der Waals surface area contributed by atoms with Crippen molar-refractivity contribution in [3.63, 3.8) is 0 Å². The van der Waals surface area contributed by atoms with Crippen molar-refractivity contribution in [3.05, 3.63) is 77.9 Å². The third-order valence-electron chi connectivity index (χ3n) is 6.62. The lowest BCUT2D eigenvalue weighted by atomic mass is 10.1. The van der Waals surface area contributed by atoms with Crippen molar-refractivity contribution in [2.45, 2.75) is 39.5 Å². The number of hydrogen-bond donors (Lipinski definition) is 2.